The van der Waals surface area contributed by atoms with Crippen LogP contribution in [-0.4, -0.2) is 10.9 Å². The zero-order valence-electron chi connectivity index (χ0n) is 10.9. The maximum atomic E-state index is 12.2. The van der Waals surface area contributed by atoms with E-state index in [1.54, 1.807) is 6.07 Å². The van der Waals surface area contributed by atoms with Crippen molar-refractivity contribution < 1.29 is 4.79 Å². The van der Waals surface area contributed by atoms with Gasteiger partial charge in [-0.15, -0.1) is 0 Å². The third-order valence-corrected chi connectivity index (χ3v) is 3.46. The van der Waals surface area contributed by atoms with Crippen molar-refractivity contribution >= 4 is 27.5 Å². The van der Waals surface area contributed by atoms with Gasteiger partial charge in [0.25, 0.3) is 5.91 Å². The summed E-state index contributed by atoms with van der Waals surface area (Å²) in [5.74, 6) is -0.128. The van der Waals surface area contributed by atoms with Crippen LogP contribution in [0.4, 0.5) is 5.69 Å². The molecule has 1 aromatic carbocycles. The summed E-state index contributed by atoms with van der Waals surface area (Å²) in [4.78, 5) is 16.5. The van der Waals surface area contributed by atoms with Gasteiger partial charge in [0, 0.05) is 16.7 Å². The van der Waals surface area contributed by atoms with Gasteiger partial charge in [0.1, 0.15) is 0 Å². The van der Waals surface area contributed by atoms with Gasteiger partial charge in [-0.25, -0.2) is 0 Å². The Morgan fingerprint density at radius 1 is 1.26 bits per heavy atom. The Morgan fingerprint density at radius 2 is 2.05 bits per heavy atom. The lowest BCUT2D eigenvalue weighted by Crippen LogP contribution is -2.14. The lowest BCUT2D eigenvalue weighted by molar-refractivity contribution is 0.102. The molecule has 0 unspecified atom stereocenters. The van der Waals surface area contributed by atoms with Gasteiger partial charge in [0.05, 0.1) is 11.3 Å². The van der Waals surface area contributed by atoms with Crippen molar-refractivity contribution in [2.24, 2.45) is 0 Å². The van der Waals surface area contributed by atoms with E-state index in [4.69, 9.17) is 0 Å². The molecule has 98 valence electrons. The number of hydrogen-bond acceptors (Lipinski definition) is 2. The number of nitrogens with zero attached hydrogens (tertiary/aromatic N) is 1. The number of hydrogen-bond donors (Lipinski definition) is 1. The first-order chi connectivity index (χ1) is 9.10. The van der Waals surface area contributed by atoms with Crippen LogP contribution in [0.15, 0.2) is 36.4 Å². The van der Waals surface area contributed by atoms with Gasteiger partial charge < -0.3 is 5.32 Å². The molecule has 0 aliphatic heterocycles. The van der Waals surface area contributed by atoms with E-state index in [2.05, 4.69) is 26.2 Å². The Hall–Kier alpha value is -1.68. The fourth-order valence-corrected chi connectivity index (χ4v) is 2.21. The van der Waals surface area contributed by atoms with Crippen molar-refractivity contribution in [2.45, 2.75) is 19.2 Å². The summed E-state index contributed by atoms with van der Waals surface area (Å²) in [6.07, 6.45) is 0. The van der Waals surface area contributed by atoms with E-state index < -0.39 is 0 Å². The second-order valence-electron chi connectivity index (χ2n) is 4.37. The van der Waals surface area contributed by atoms with Crippen molar-refractivity contribution in [2.75, 3.05) is 5.32 Å². The standard InChI is InChI=1S/C15H15BrN2O/c1-10-6-7-14(11(2)17-10)15(19)18-13-5-3-4-12(8-13)9-16/h3-8H,9H2,1-2H3,(H,18,19). The molecule has 0 fully saturated rings. The van der Waals surface area contributed by atoms with Crippen LogP contribution in [0, 0.1) is 13.8 Å². The van der Waals surface area contributed by atoms with Crippen molar-refractivity contribution in [3.05, 3.63) is 58.9 Å². The molecular formula is C15H15BrN2O. The molecule has 0 radical (unpaired) electrons. The fourth-order valence-electron chi connectivity index (χ4n) is 1.86. The number of anilines is 1. The lowest BCUT2D eigenvalue weighted by Gasteiger charge is -2.08. The molecule has 1 amide bonds. The Labute approximate surface area is 121 Å². The maximum absolute atomic E-state index is 12.2. The average molecular weight is 319 g/mol. The Kier molecular flexibility index (Phi) is 4.32. The number of aromatic nitrogens is 1. The molecule has 0 aliphatic rings. The molecule has 2 aromatic rings. The molecular weight excluding hydrogens is 304 g/mol. The van der Waals surface area contributed by atoms with Crippen molar-refractivity contribution in [1.82, 2.24) is 4.98 Å². The molecule has 1 aromatic heterocycles. The average Bonchev–Trinajstić information content (AvgIpc) is 2.38. The number of carbonyl (C=O) groups is 1. The second kappa shape index (κ2) is 5.97. The highest BCUT2D eigenvalue weighted by molar-refractivity contribution is 9.08. The highest BCUT2D eigenvalue weighted by atomic mass is 79.9. The molecule has 4 heteroatoms. The summed E-state index contributed by atoms with van der Waals surface area (Å²) in [5, 5.41) is 3.66. The maximum Gasteiger partial charge on any atom is 0.257 e. The van der Waals surface area contributed by atoms with Gasteiger partial charge in [-0.3, -0.25) is 9.78 Å². The molecule has 2 rings (SSSR count). The van der Waals surface area contributed by atoms with Crippen molar-refractivity contribution in [3.8, 4) is 0 Å². The Morgan fingerprint density at radius 3 is 2.74 bits per heavy atom. The van der Waals surface area contributed by atoms with Crippen molar-refractivity contribution in [3.63, 3.8) is 0 Å². The van der Waals surface area contributed by atoms with E-state index in [1.165, 1.54) is 0 Å². The van der Waals surface area contributed by atoms with Crippen molar-refractivity contribution in [1.29, 1.82) is 0 Å². The number of carbonyl (C=O) groups excluding carboxylic acids is 1. The van der Waals surface area contributed by atoms with E-state index in [0.29, 0.717) is 5.56 Å². The molecule has 0 atom stereocenters. The van der Waals surface area contributed by atoms with Gasteiger partial charge in [-0.2, -0.15) is 0 Å². The third kappa shape index (κ3) is 3.41. The SMILES string of the molecule is Cc1ccc(C(=O)Nc2cccc(CBr)c2)c(C)n1. The quantitative estimate of drug-likeness (QED) is 0.873. The Bertz CT molecular complexity index is 611. The number of alkyl halides is 1. The number of amides is 1. The fraction of sp³-hybridized carbons (Fsp3) is 0.200. The predicted molar refractivity (Wildman–Crippen MR) is 80.7 cm³/mol. The van der Waals surface area contributed by atoms with Crippen LogP contribution in [0.2, 0.25) is 0 Å². The van der Waals surface area contributed by atoms with E-state index in [9.17, 15) is 4.79 Å². The van der Waals surface area contributed by atoms with E-state index in [0.717, 1.165) is 28.0 Å². The van der Waals surface area contributed by atoms with Crippen LogP contribution in [0.5, 0.6) is 0 Å². The minimum absolute atomic E-state index is 0.128. The van der Waals surface area contributed by atoms with E-state index >= 15 is 0 Å². The number of pyridine rings is 1. The molecule has 0 bridgehead atoms. The molecule has 19 heavy (non-hydrogen) atoms. The van der Waals surface area contributed by atoms with Gasteiger partial charge in [-0.05, 0) is 43.7 Å². The van der Waals surface area contributed by atoms with Gasteiger partial charge in [0.2, 0.25) is 0 Å². The van der Waals surface area contributed by atoms with E-state index in [-0.39, 0.29) is 5.91 Å². The van der Waals surface area contributed by atoms with Crippen LogP contribution < -0.4 is 5.32 Å². The van der Waals surface area contributed by atoms with Crippen LogP contribution in [0.25, 0.3) is 0 Å². The third-order valence-electron chi connectivity index (χ3n) is 2.81. The number of rotatable bonds is 3. The van der Waals surface area contributed by atoms with Gasteiger partial charge in [-0.1, -0.05) is 28.1 Å². The second-order valence-corrected chi connectivity index (χ2v) is 4.93. The minimum atomic E-state index is -0.128. The summed E-state index contributed by atoms with van der Waals surface area (Å²) in [7, 11) is 0. The highest BCUT2D eigenvalue weighted by Gasteiger charge is 2.10. The van der Waals surface area contributed by atoms with Crippen LogP contribution in [-0.2, 0) is 5.33 Å². The summed E-state index contributed by atoms with van der Waals surface area (Å²) in [6, 6.07) is 11.4. The zero-order chi connectivity index (χ0) is 13.8. The first-order valence-corrected chi connectivity index (χ1v) is 7.13. The molecule has 3 nitrogen and oxygen atoms in total. The number of halogens is 1. The summed E-state index contributed by atoms with van der Waals surface area (Å²) in [6.45, 7) is 3.75. The van der Waals surface area contributed by atoms with Crippen LogP contribution in [0.3, 0.4) is 0 Å². The molecule has 0 saturated carbocycles. The largest absolute Gasteiger partial charge is 0.322 e. The monoisotopic (exact) mass is 318 g/mol. The molecule has 1 N–H and O–H groups in total. The smallest absolute Gasteiger partial charge is 0.257 e. The normalized spacial score (nSPS) is 10.3. The number of benzene rings is 1. The topological polar surface area (TPSA) is 42.0 Å². The van der Waals surface area contributed by atoms with Crippen LogP contribution >= 0.6 is 15.9 Å². The molecule has 1 heterocycles. The summed E-state index contributed by atoms with van der Waals surface area (Å²) < 4.78 is 0. The number of aryl methyl sites for hydroxylation is 2. The lowest BCUT2D eigenvalue weighted by atomic mass is 10.1. The zero-order valence-corrected chi connectivity index (χ0v) is 12.5. The molecule has 0 spiro atoms. The molecule has 0 saturated heterocycles. The Balaban J connectivity index is 2.20. The first kappa shape index (κ1) is 13.7. The molecule has 0 aliphatic carbocycles. The van der Waals surface area contributed by atoms with E-state index in [1.807, 2.05) is 44.2 Å². The first-order valence-electron chi connectivity index (χ1n) is 6.00. The predicted octanol–water partition coefficient (Wildman–Crippen LogP) is 3.85. The summed E-state index contributed by atoms with van der Waals surface area (Å²) >= 11 is 3.40. The van der Waals surface area contributed by atoms with Gasteiger partial charge in [0.15, 0.2) is 0 Å². The highest BCUT2D eigenvalue weighted by Crippen LogP contribution is 2.15. The summed E-state index contributed by atoms with van der Waals surface area (Å²) in [5.41, 5.74) is 4.18. The van der Waals surface area contributed by atoms with Crippen LogP contribution in [0.1, 0.15) is 27.3 Å². The number of nitrogens with one attached hydrogen (secondary N) is 1. The van der Waals surface area contributed by atoms with Gasteiger partial charge >= 0.3 is 0 Å². The minimum Gasteiger partial charge on any atom is -0.322 e.